The summed E-state index contributed by atoms with van der Waals surface area (Å²) >= 11 is 1.83. The van der Waals surface area contributed by atoms with Crippen LogP contribution in [-0.2, 0) is 0 Å². The van der Waals surface area contributed by atoms with Crippen molar-refractivity contribution in [2.24, 2.45) is 0 Å². The van der Waals surface area contributed by atoms with Crippen molar-refractivity contribution in [1.82, 2.24) is 10.2 Å². The summed E-state index contributed by atoms with van der Waals surface area (Å²) in [5.74, 6) is 0.899. The fourth-order valence-electron chi connectivity index (χ4n) is 1.91. The van der Waals surface area contributed by atoms with Crippen LogP contribution in [0, 0.1) is 0 Å². The van der Waals surface area contributed by atoms with Crippen molar-refractivity contribution in [3.05, 3.63) is 35.9 Å². The third-order valence-electron chi connectivity index (χ3n) is 3.18. The first-order valence-corrected chi connectivity index (χ1v) is 8.64. The highest BCUT2D eigenvalue weighted by Gasteiger charge is 2.13. The highest BCUT2D eigenvalue weighted by Crippen LogP contribution is 2.22. The Kier molecular flexibility index (Phi) is 7.76. The zero-order valence-electron chi connectivity index (χ0n) is 14.0. The van der Waals surface area contributed by atoms with Crippen LogP contribution in [0.25, 0.3) is 0 Å². The van der Waals surface area contributed by atoms with Crippen LogP contribution in [0.3, 0.4) is 0 Å². The van der Waals surface area contributed by atoms with Crippen LogP contribution in [0.5, 0.6) is 0 Å². The van der Waals surface area contributed by atoms with Gasteiger partial charge in [0.2, 0.25) is 0 Å². The van der Waals surface area contributed by atoms with Crippen LogP contribution in [-0.4, -0.2) is 46.7 Å². The molecule has 0 aliphatic heterocycles. The molecule has 22 heavy (non-hydrogen) atoms. The molecule has 0 saturated heterocycles. The molecule has 0 fully saturated rings. The summed E-state index contributed by atoms with van der Waals surface area (Å²) in [4.78, 5) is 13.6. The highest BCUT2D eigenvalue weighted by molar-refractivity contribution is 8.00. The Hall–Kier alpha value is -1.20. The van der Waals surface area contributed by atoms with E-state index in [1.54, 1.807) is 11.9 Å². The average Bonchev–Trinajstić information content (AvgIpc) is 2.48. The summed E-state index contributed by atoms with van der Waals surface area (Å²) < 4.78 is 0.219. The van der Waals surface area contributed by atoms with Gasteiger partial charge in [-0.25, -0.2) is 4.79 Å². The van der Waals surface area contributed by atoms with Gasteiger partial charge in [-0.05, 0) is 12.0 Å². The lowest BCUT2D eigenvalue weighted by Crippen LogP contribution is -2.39. The first kappa shape index (κ1) is 18.8. The normalized spacial score (nSPS) is 12.8. The molecule has 124 valence electrons. The average molecular weight is 324 g/mol. The number of aliphatic hydroxyl groups excluding tert-OH is 1. The molecule has 1 aromatic rings. The second-order valence-electron chi connectivity index (χ2n) is 6.33. The van der Waals surface area contributed by atoms with Crippen LogP contribution in [0.2, 0.25) is 0 Å². The van der Waals surface area contributed by atoms with Crippen LogP contribution in [0.15, 0.2) is 30.3 Å². The number of thioether (sulfide) groups is 1. The zero-order chi connectivity index (χ0) is 16.6. The van der Waals surface area contributed by atoms with E-state index < -0.39 is 6.10 Å². The molecule has 1 aromatic carbocycles. The van der Waals surface area contributed by atoms with Crippen molar-refractivity contribution < 1.29 is 9.90 Å². The van der Waals surface area contributed by atoms with Gasteiger partial charge in [0.1, 0.15) is 0 Å². The second kappa shape index (κ2) is 9.06. The summed E-state index contributed by atoms with van der Waals surface area (Å²) in [7, 11) is 1.75. The zero-order valence-corrected chi connectivity index (χ0v) is 14.8. The molecule has 2 N–H and O–H groups in total. The summed E-state index contributed by atoms with van der Waals surface area (Å²) in [5.41, 5.74) is 0.887. The lowest BCUT2D eigenvalue weighted by Gasteiger charge is -2.21. The monoisotopic (exact) mass is 324 g/mol. The fourth-order valence-corrected chi connectivity index (χ4v) is 2.73. The van der Waals surface area contributed by atoms with Gasteiger partial charge in [0.15, 0.2) is 0 Å². The number of urea groups is 1. The van der Waals surface area contributed by atoms with Gasteiger partial charge in [-0.1, -0.05) is 51.1 Å². The third kappa shape index (κ3) is 7.71. The molecule has 0 aliphatic carbocycles. The Morgan fingerprint density at radius 2 is 1.95 bits per heavy atom. The van der Waals surface area contributed by atoms with Gasteiger partial charge in [0.25, 0.3) is 0 Å². The van der Waals surface area contributed by atoms with Gasteiger partial charge in [-0.15, -0.1) is 0 Å². The molecule has 0 saturated carbocycles. The third-order valence-corrected chi connectivity index (χ3v) is 4.46. The molecule has 0 bridgehead atoms. The number of aliphatic hydroxyl groups is 1. The maximum Gasteiger partial charge on any atom is 0.317 e. The van der Waals surface area contributed by atoms with Crippen LogP contribution in [0.4, 0.5) is 4.79 Å². The predicted molar refractivity (Wildman–Crippen MR) is 94.3 cm³/mol. The van der Waals surface area contributed by atoms with E-state index in [1.807, 2.05) is 42.1 Å². The number of rotatable bonds is 7. The quantitative estimate of drug-likeness (QED) is 0.757. The van der Waals surface area contributed by atoms with Crippen molar-refractivity contribution in [2.75, 3.05) is 25.9 Å². The van der Waals surface area contributed by atoms with Gasteiger partial charge >= 0.3 is 6.03 Å². The predicted octanol–water partition coefficient (Wildman–Crippen LogP) is 3.28. The van der Waals surface area contributed by atoms with E-state index in [2.05, 4.69) is 26.1 Å². The number of hydrogen-bond donors (Lipinski definition) is 2. The lowest BCUT2D eigenvalue weighted by atomic mass is 10.1. The molecule has 1 unspecified atom stereocenters. The number of amides is 2. The van der Waals surface area contributed by atoms with Crippen molar-refractivity contribution >= 4 is 17.8 Å². The highest BCUT2D eigenvalue weighted by atomic mass is 32.2. The summed E-state index contributed by atoms with van der Waals surface area (Å²) in [6.07, 6.45) is -0.00194. The summed E-state index contributed by atoms with van der Waals surface area (Å²) in [5, 5.41) is 13.0. The number of nitrogens with one attached hydrogen (secondary N) is 1. The fraction of sp³-hybridized carbons (Fsp3) is 0.588. The van der Waals surface area contributed by atoms with Gasteiger partial charge in [-0.3, -0.25) is 0 Å². The first-order chi connectivity index (χ1) is 10.3. The number of benzene rings is 1. The van der Waals surface area contributed by atoms with E-state index >= 15 is 0 Å². The molecular formula is C17H28N2O2S. The van der Waals surface area contributed by atoms with Gasteiger partial charge in [0.05, 0.1) is 6.10 Å². The summed E-state index contributed by atoms with van der Waals surface area (Å²) in [6.45, 7) is 7.67. The smallest absolute Gasteiger partial charge is 0.317 e. The van der Waals surface area contributed by atoms with Crippen molar-refractivity contribution in [3.8, 4) is 0 Å². The number of carbonyl (C=O) groups is 1. The molecule has 0 spiro atoms. The molecule has 1 atom stereocenters. The molecule has 0 aromatic heterocycles. The Labute approximate surface area is 138 Å². The minimum atomic E-state index is -0.534. The topological polar surface area (TPSA) is 52.6 Å². The van der Waals surface area contributed by atoms with E-state index in [1.165, 1.54) is 0 Å². The molecule has 4 nitrogen and oxygen atoms in total. The van der Waals surface area contributed by atoms with Gasteiger partial charge in [0, 0.05) is 30.6 Å². The Bertz CT molecular complexity index is 446. The van der Waals surface area contributed by atoms with Crippen LogP contribution >= 0.6 is 11.8 Å². The minimum absolute atomic E-state index is 0.0882. The largest absolute Gasteiger partial charge is 0.388 e. The maximum absolute atomic E-state index is 11.9. The number of carbonyl (C=O) groups excluding carboxylic acids is 1. The van der Waals surface area contributed by atoms with Gasteiger partial charge < -0.3 is 15.3 Å². The van der Waals surface area contributed by atoms with Crippen molar-refractivity contribution in [2.45, 2.75) is 38.0 Å². The van der Waals surface area contributed by atoms with Crippen molar-refractivity contribution in [3.63, 3.8) is 0 Å². The number of hydrogen-bond acceptors (Lipinski definition) is 3. The van der Waals surface area contributed by atoms with Crippen molar-refractivity contribution in [1.29, 1.82) is 0 Å². The van der Waals surface area contributed by atoms with E-state index in [0.717, 1.165) is 11.3 Å². The molecule has 0 radical (unpaired) electrons. The number of nitrogens with zero attached hydrogens (tertiary/aromatic N) is 1. The Morgan fingerprint density at radius 3 is 2.55 bits per heavy atom. The maximum atomic E-state index is 11.9. The first-order valence-electron chi connectivity index (χ1n) is 7.65. The molecule has 5 heteroatoms. The molecule has 0 aliphatic rings. The molecular weight excluding hydrogens is 296 g/mol. The van der Waals surface area contributed by atoms with Gasteiger partial charge in [-0.2, -0.15) is 11.8 Å². The Balaban J connectivity index is 2.24. The summed E-state index contributed by atoms with van der Waals surface area (Å²) in [6, 6.07) is 9.44. The molecule has 0 heterocycles. The van der Waals surface area contributed by atoms with Crippen LogP contribution < -0.4 is 5.32 Å². The SMILES string of the molecule is CN(CCC(O)c1ccccc1)C(=O)NCCSC(C)(C)C. The van der Waals surface area contributed by atoms with E-state index in [4.69, 9.17) is 0 Å². The lowest BCUT2D eigenvalue weighted by molar-refractivity contribution is 0.150. The van der Waals surface area contributed by atoms with Crippen LogP contribution in [0.1, 0.15) is 38.9 Å². The van der Waals surface area contributed by atoms with E-state index in [0.29, 0.717) is 19.5 Å². The second-order valence-corrected chi connectivity index (χ2v) is 8.25. The van der Waals surface area contributed by atoms with E-state index in [-0.39, 0.29) is 10.8 Å². The van der Waals surface area contributed by atoms with E-state index in [9.17, 15) is 9.90 Å². The standard InChI is InChI=1S/C17H28N2O2S/c1-17(2,3)22-13-11-18-16(21)19(4)12-10-15(20)14-8-6-5-7-9-14/h5-9,15,20H,10-13H2,1-4H3,(H,18,21). The minimum Gasteiger partial charge on any atom is -0.388 e. The Morgan fingerprint density at radius 1 is 1.32 bits per heavy atom. The molecule has 2 amide bonds. The molecule has 1 rings (SSSR count).